The minimum atomic E-state index is -0.341. The predicted molar refractivity (Wildman–Crippen MR) is 101 cm³/mol. The Bertz CT molecular complexity index is 882. The van der Waals surface area contributed by atoms with Crippen LogP contribution in [0.1, 0.15) is 43.0 Å². The van der Waals surface area contributed by atoms with Gasteiger partial charge in [0.25, 0.3) is 0 Å². The molecule has 0 saturated heterocycles. The number of benzene rings is 2. The van der Waals surface area contributed by atoms with E-state index in [2.05, 4.69) is 27.6 Å². The molecule has 0 saturated carbocycles. The van der Waals surface area contributed by atoms with Gasteiger partial charge in [-0.1, -0.05) is 49.3 Å². The van der Waals surface area contributed by atoms with Gasteiger partial charge >= 0.3 is 0 Å². The highest BCUT2D eigenvalue weighted by molar-refractivity contribution is 9.10. The van der Waals surface area contributed by atoms with Crippen molar-refractivity contribution < 1.29 is 8.78 Å². The fourth-order valence-electron chi connectivity index (χ4n) is 2.75. The van der Waals surface area contributed by atoms with Gasteiger partial charge in [-0.15, -0.1) is 0 Å². The van der Waals surface area contributed by atoms with Gasteiger partial charge in [0.1, 0.15) is 11.6 Å². The van der Waals surface area contributed by atoms with Crippen molar-refractivity contribution in [3.8, 4) is 0 Å². The second-order valence-electron chi connectivity index (χ2n) is 7.16. The average Bonchev–Trinajstić information content (AvgIpc) is 2.51. The molecule has 1 aliphatic heterocycles. The lowest BCUT2D eigenvalue weighted by Crippen LogP contribution is -2.22. The Kier molecular flexibility index (Phi) is 4.54. The normalized spacial score (nSPS) is 14.0. The Morgan fingerprint density at radius 2 is 1.84 bits per heavy atom. The summed E-state index contributed by atoms with van der Waals surface area (Å²) in [5.41, 5.74) is 2.75. The molecule has 1 aliphatic rings. The molecule has 0 aromatic heterocycles. The van der Waals surface area contributed by atoms with Gasteiger partial charge in [-0.2, -0.15) is 5.10 Å². The van der Waals surface area contributed by atoms with Crippen molar-refractivity contribution >= 4 is 27.8 Å². The Hall–Kier alpha value is -2.01. The molecule has 0 atom stereocenters. The Labute approximate surface area is 155 Å². The molecule has 2 nitrogen and oxygen atoms in total. The first-order valence-corrected chi connectivity index (χ1v) is 8.75. The highest BCUT2D eigenvalue weighted by Crippen LogP contribution is 2.33. The highest BCUT2D eigenvalue weighted by Gasteiger charge is 2.25. The van der Waals surface area contributed by atoms with Gasteiger partial charge in [0, 0.05) is 21.2 Å². The van der Waals surface area contributed by atoms with E-state index < -0.39 is 0 Å². The summed E-state index contributed by atoms with van der Waals surface area (Å²) in [7, 11) is 0. The molecule has 2 aromatic carbocycles. The van der Waals surface area contributed by atoms with Crippen molar-refractivity contribution in [1.29, 1.82) is 0 Å². The fraction of sp³-hybridized carbons (Fsp3) is 0.250. The van der Waals surface area contributed by atoms with Gasteiger partial charge < -0.3 is 0 Å². The van der Waals surface area contributed by atoms with Crippen molar-refractivity contribution in [2.75, 3.05) is 0 Å². The monoisotopic (exact) mass is 404 g/mol. The van der Waals surface area contributed by atoms with Gasteiger partial charge in [0.05, 0.1) is 18.5 Å². The first-order chi connectivity index (χ1) is 11.7. The van der Waals surface area contributed by atoms with Crippen LogP contribution in [0.15, 0.2) is 46.5 Å². The molecule has 0 N–H and O–H groups in total. The van der Waals surface area contributed by atoms with Crippen molar-refractivity contribution in [2.45, 2.75) is 32.7 Å². The third-order valence-electron chi connectivity index (χ3n) is 4.26. The minimum absolute atomic E-state index is 0.164. The van der Waals surface area contributed by atoms with E-state index in [9.17, 15) is 8.78 Å². The number of hydrogen-bond donors (Lipinski definition) is 0. The molecule has 130 valence electrons. The van der Waals surface area contributed by atoms with Gasteiger partial charge in [-0.05, 0) is 35.2 Å². The number of halogens is 3. The Morgan fingerprint density at radius 3 is 2.48 bits per heavy atom. The van der Waals surface area contributed by atoms with Crippen molar-refractivity contribution in [1.82, 2.24) is 5.01 Å². The number of rotatable bonds is 2. The van der Waals surface area contributed by atoms with Gasteiger partial charge in [0.2, 0.25) is 0 Å². The molecular weight excluding hydrogens is 386 g/mol. The summed E-state index contributed by atoms with van der Waals surface area (Å²) in [6.07, 6.45) is 1.61. The summed E-state index contributed by atoms with van der Waals surface area (Å²) in [4.78, 5) is 0. The van der Waals surface area contributed by atoms with E-state index in [1.807, 2.05) is 26.8 Å². The lowest BCUT2D eigenvalue weighted by Gasteiger charge is -2.28. The summed E-state index contributed by atoms with van der Waals surface area (Å²) in [6, 6.07) is 8.32. The number of fused-ring (bicyclic) bond motifs is 1. The van der Waals surface area contributed by atoms with Crippen molar-refractivity contribution in [2.24, 2.45) is 5.10 Å². The summed E-state index contributed by atoms with van der Waals surface area (Å²) < 4.78 is 29.5. The Balaban J connectivity index is 1.95. The minimum Gasteiger partial charge on any atom is -0.261 e. The smallest absolute Gasteiger partial charge is 0.133 e. The summed E-state index contributed by atoms with van der Waals surface area (Å²) >= 11 is 3.24. The molecule has 0 fully saturated rings. The summed E-state index contributed by atoms with van der Waals surface area (Å²) in [6.45, 7) is 10.3. The second-order valence-corrected chi connectivity index (χ2v) is 8.07. The van der Waals surface area contributed by atoms with Crippen LogP contribution in [0.4, 0.5) is 8.78 Å². The fourth-order valence-corrected chi connectivity index (χ4v) is 3.08. The van der Waals surface area contributed by atoms with Crippen molar-refractivity contribution in [3.05, 3.63) is 75.3 Å². The molecule has 0 bridgehead atoms. The highest BCUT2D eigenvalue weighted by atomic mass is 79.9. The number of hydrogen-bond acceptors (Lipinski definition) is 2. The zero-order chi connectivity index (χ0) is 18.4. The number of nitrogens with zero attached hydrogens (tertiary/aromatic N) is 2. The SMILES string of the molecule is C=C1c2c(F)cc(C(C)(C)C)cc2C=NN1Cc1ccc(Br)cc1F. The van der Waals surface area contributed by atoms with Crippen LogP contribution in [0.25, 0.3) is 5.70 Å². The largest absolute Gasteiger partial charge is 0.261 e. The maximum Gasteiger partial charge on any atom is 0.133 e. The molecule has 2 aromatic rings. The van der Waals surface area contributed by atoms with Gasteiger partial charge in [-0.25, -0.2) is 8.78 Å². The zero-order valence-corrected chi connectivity index (χ0v) is 16.0. The molecule has 0 amide bonds. The number of hydrazone groups is 1. The van der Waals surface area contributed by atoms with Crippen LogP contribution in [-0.2, 0) is 12.0 Å². The van der Waals surface area contributed by atoms with Crippen LogP contribution >= 0.6 is 15.9 Å². The van der Waals surface area contributed by atoms with E-state index in [-0.39, 0.29) is 23.6 Å². The van der Waals surface area contributed by atoms with Gasteiger partial charge in [-0.3, -0.25) is 5.01 Å². The molecule has 25 heavy (non-hydrogen) atoms. The second kappa shape index (κ2) is 6.37. The van der Waals surface area contributed by atoms with E-state index in [4.69, 9.17) is 0 Å². The maximum absolute atomic E-state index is 14.7. The molecule has 0 radical (unpaired) electrons. The Morgan fingerprint density at radius 1 is 1.12 bits per heavy atom. The lowest BCUT2D eigenvalue weighted by atomic mass is 9.84. The summed E-state index contributed by atoms with van der Waals surface area (Å²) in [5, 5.41) is 5.86. The molecule has 1 heterocycles. The standard InChI is InChI=1S/C20H19BrF2N2/c1-12-19-14(7-15(8-18(19)23)20(2,3)4)10-24-25(12)11-13-5-6-16(21)9-17(13)22/h5-10H,1,11H2,2-4H3. The zero-order valence-electron chi connectivity index (χ0n) is 14.4. The van der Waals surface area contributed by atoms with E-state index in [1.165, 1.54) is 11.1 Å². The molecule has 0 unspecified atom stereocenters. The van der Waals surface area contributed by atoms with E-state index in [1.54, 1.807) is 24.4 Å². The van der Waals surface area contributed by atoms with Crippen LogP contribution in [0.2, 0.25) is 0 Å². The molecule has 0 spiro atoms. The molecule has 0 aliphatic carbocycles. The first-order valence-electron chi connectivity index (χ1n) is 7.95. The van der Waals surface area contributed by atoms with Crippen LogP contribution in [0.3, 0.4) is 0 Å². The average molecular weight is 405 g/mol. The van der Waals surface area contributed by atoms with Crippen LogP contribution in [-0.4, -0.2) is 11.2 Å². The third-order valence-corrected chi connectivity index (χ3v) is 4.75. The quantitative estimate of drug-likeness (QED) is 0.613. The predicted octanol–water partition coefficient (Wildman–Crippen LogP) is 5.85. The van der Waals surface area contributed by atoms with Crippen LogP contribution in [0.5, 0.6) is 0 Å². The topological polar surface area (TPSA) is 15.6 Å². The maximum atomic E-state index is 14.7. The third kappa shape index (κ3) is 3.52. The van der Waals surface area contributed by atoms with Crippen LogP contribution in [0, 0.1) is 11.6 Å². The van der Waals surface area contributed by atoms with Crippen LogP contribution < -0.4 is 0 Å². The summed E-state index contributed by atoms with van der Waals surface area (Å²) in [5.74, 6) is -0.674. The van der Waals surface area contributed by atoms with E-state index in [0.717, 1.165) is 5.56 Å². The first kappa shape index (κ1) is 17.8. The van der Waals surface area contributed by atoms with Crippen molar-refractivity contribution in [3.63, 3.8) is 0 Å². The molecule has 5 heteroatoms. The molecular formula is C20H19BrF2N2. The lowest BCUT2D eigenvalue weighted by molar-refractivity contribution is 0.401. The van der Waals surface area contributed by atoms with E-state index >= 15 is 0 Å². The van der Waals surface area contributed by atoms with Gasteiger partial charge in [0.15, 0.2) is 0 Å². The molecule has 3 rings (SSSR count). The van der Waals surface area contributed by atoms with E-state index in [0.29, 0.717) is 26.9 Å².